The second-order valence-electron chi connectivity index (χ2n) is 2.80. The van der Waals surface area contributed by atoms with Crippen LogP contribution in [0.5, 0.6) is 0 Å². The average Bonchev–Trinajstić information content (AvgIpc) is 2.16. The highest BCUT2D eigenvalue weighted by Crippen LogP contribution is 2.12. The van der Waals surface area contributed by atoms with E-state index in [1.54, 1.807) is 0 Å². The highest BCUT2D eigenvalue weighted by Gasteiger charge is 1.99. The largest absolute Gasteiger partial charge is 0.192 e. The van der Waals surface area contributed by atoms with Gasteiger partial charge in [0.05, 0.1) is 11.6 Å². The van der Waals surface area contributed by atoms with Gasteiger partial charge in [-0.2, -0.15) is 5.26 Å². The first-order chi connectivity index (χ1) is 5.81. The Hall–Kier alpha value is -1.29. The number of benzene rings is 1. The van der Waals surface area contributed by atoms with Crippen LogP contribution in [0.1, 0.15) is 30.5 Å². The van der Waals surface area contributed by atoms with E-state index in [0.29, 0.717) is 0 Å². The Morgan fingerprint density at radius 1 is 1.17 bits per heavy atom. The van der Waals surface area contributed by atoms with Gasteiger partial charge in [0.15, 0.2) is 0 Å². The molecule has 0 saturated carbocycles. The molecule has 0 amide bonds. The van der Waals surface area contributed by atoms with Crippen LogP contribution in [0.2, 0.25) is 0 Å². The highest BCUT2D eigenvalue weighted by atomic mass is 14.2. The molecule has 0 fully saturated rings. The molecule has 0 aromatic heterocycles. The van der Waals surface area contributed by atoms with Crippen LogP contribution in [-0.2, 0) is 12.8 Å². The topological polar surface area (TPSA) is 23.8 Å². The fourth-order valence-electron chi connectivity index (χ4n) is 1.37. The van der Waals surface area contributed by atoms with Crippen molar-refractivity contribution in [3.63, 3.8) is 0 Å². The summed E-state index contributed by atoms with van der Waals surface area (Å²) in [6.07, 6.45) is 2.06. The molecule has 0 N–H and O–H groups in total. The molecule has 0 spiro atoms. The summed E-state index contributed by atoms with van der Waals surface area (Å²) in [5, 5.41) is 8.67. The quantitative estimate of drug-likeness (QED) is 0.650. The molecular weight excluding hydrogens is 146 g/mol. The Morgan fingerprint density at radius 2 is 1.83 bits per heavy atom. The second-order valence-corrected chi connectivity index (χ2v) is 2.80. The van der Waals surface area contributed by atoms with Crippen molar-refractivity contribution in [2.75, 3.05) is 0 Å². The number of nitrogens with zero attached hydrogens (tertiary/aromatic N) is 1. The maximum absolute atomic E-state index is 8.67. The minimum atomic E-state index is 0.768. The molecule has 1 heteroatoms. The van der Waals surface area contributed by atoms with Crippen LogP contribution in [0.4, 0.5) is 0 Å². The first kappa shape index (κ1) is 8.80. The zero-order valence-corrected chi connectivity index (χ0v) is 7.59. The van der Waals surface area contributed by atoms with E-state index in [1.807, 2.05) is 12.1 Å². The van der Waals surface area contributed by atoms with E-state index < -0.39 is 0 Å². The van der Waals surface area contributed by atoms with Gasteiger partial charge in [-0.1, -0.05) is 19.9 Å². The molecule has 1 aromatic carbocycles. The van der Waals surface area contributed by atoms with Crippen molar-refractivity contribution in [2.45, 2.75) is 26.7 Å². The maximum atomic E-state index is 8.67. The third-order valence-corrected chi connectivity index (χ3v) is 2.10. The number of aryl methyl sites for hydroxylation is 2. The van der Waals surface area contributed by atoms with E-state index in [2.05, 4.69) is 26.0 Å². The lowest BCUT2D eigenvalue weighted by Gasteiger charge is -2.04. The Bertz CT molecular complexity index is 307. The molecular formula is C11H13N. The lowest BCUT2D eigenvalue weighted by atomic mass is 10.0. The van der Waals surface area contributed by atoms with Gasteiger partial charge in [0.2, 0.25) is 0 Å². The van der Waals surface area contributed by atoms with Crippen LogP contribution < -0.4 is 0 Å². The molecule has 62 valence electrons. The summed E-state index contributed by atoms with van der Waals surface area (Å²) in [5.41, 5.74) is 3.43. The van der Waals surface area contributed by atoms with Crippen molar-refractivity contribution in [3.05, 3.63) is 34.9 Å². The molecule has 1 aromatic rings. The zero-order valence-electron chi connectivity index (χ0n) is 7.59. The molecule has 0 atom stereocenters. The Morgan fingerprint density at radius 3 is 2.33 bits per heavy atom. The van der Waals surface area contributed by atoms with Gasteiger partial charge in [0.25, 0.3) is 0 Å². The minimum Gasteiger partial charge on any atom is -0.192 e. The summed E-state index contributed by atoms with van der Waals surface area (Å²) in [5.74, 6) is 0. The smallest absolute Gasteiger partial charge is 0.0991 e. The standard InChI is InChI=1S/C11H13N/c1-3-10-6-5-9(8-12)7-11(10)4-2/h5-7H,3-4H2,1-2H3. The summed E-state index contributed by atoms with van der Waals surface area (Å²) >= 11 is 0. The molecule has 0 heterocycles. The van der Waals surface area contributed by atoms with Crippen LogP contribution in [0.15, 0.2) is 18.2 Å². The van der Waals surface area contributed by atoms with Gasteiger partial charge in [0, 0.05) is 0 Å². The van der Waals surface area contributed by atoms with Crippen LogP contribution in [0.25, 0.3) is 0 Å². The number of hydrogen-bond donors (Lipinski definition) is 0. The van der Waals surface area contributed by atoms with Crippen LogP contribution in [0.3, 0.4) is 0 Å². The van der Waals surface area contributed by atoms with Crippen molar-refractivity contribution < 1.29 is 0 Å². The lowest BCUT2D eigenvalue weighted by Crippen LogP contribution is -1.91. The number of nitriles is 1. The first-order valence-corrected chi connectivity index (χ1v) is 4.33. The lowest BCUT2D eigenvalue weighted by molar-refractivity contribution is 1.03. The van der Waals surface area contributed by atoms with Gasteiger partial charge < -0.3 is 0 Å². The maximum Gasteiger partial charge on any atom is 0.0991 e. The molecule has 0 saturated heterocycles. The van der Waals surface area contributed by atoms with Gasteiger partial charge in [-0.3, -0.25) is 0 Å². The Balaban J connectivity index is 3.13. The molecule has 0 bridgehead atoms. The summed E-state index contributed by atoms with van der Waals surface area (Å²) in [6.45, 7) is 4.26. The molecule has 0 radical (unpaired) electrons. The van der Waals surface area contributed by atoms with Crippen molar-refractivity contribution in [1.82, 2.24) is 0 Å². The number of hydrogen-bond acceptors (Lipinski definition) is 1. The van der Waals surface area contributed by atoms with E-state index in [-0.39, 0.29) is 0 Å². The fraction of sp³-hybridized carbons (Fsp3) is 0.364. The van der Waals surface area contributed by atoms with Gasteiger partial charge in [-0.15, -0.1) is 0 Å². The molecule has 0 aliphatic carbocycles. The third-order valence-electron chi connectivity index (χ3n) is 2.10. The van der Waals surface area contributed by atoms with E-state index >= 15 is 0 Å². The van der Waals surface area contributed by atoms with Crippen molar-refractivity contribution in [2.24, 2.45) is 0 Å². The molecule has 0 unspecified atom stereocenters. The van der Waals surface area contributed by atoms with Gasteiger partial charge in [-0.05, 0) is 36.1 Å². The summed E-state index contributed by atoms with van der Waals surface area (Å²) in [6, 6.07) is 8.08. The van der Waals surface area contributed by atoms with E-state index in [4.69, 9.17) is 5.26 Å². The highest BCUT2D eigenvalue weighted by molar-refractivity contribution is 5.38. The minimum absolute atomic E-state index is 0.768. The fourth-order valence-corrected chi connectivity index (χ4v) is 1.37. The van der Waals surface area contributed by atoms with E-state index in [1.165, 1.54) is 11.1 Å². The van der Waals surface area contributed by atoms with Crippen LogP contribution >= 0.6 is 0 Å². The van der Waals surface area contributed by atoms with Gasteiger partial charge >= 0.3 is 0 Å². The average molecular weight is 159 g/mol. The zero-order chi connectivity index (χ0) is 8.97. The Labute approximate surface area is 73.6 Å². The van der Waals surface area contributed by atoms with Crippen molar-refractivity contribution >= 4 is 0 Å². The SMILES string of the molecule is CCc1ccc(C#N)cc1CC. The van der Waals surface area contributed by atoms with Crippen LogP contribution in [-0.4, -0.2) is 0 Å². The second kappa shape index (κ2) is 3.92. The van der Waals surface area contributed by atoms with E-state index in [0.717, 1.165) is 18.4 Å². The predicted molar refractivity (Wildman–Crippen MR) is 49.9 cm³/mol. The number of rotatable bonds is 2. The first-order valence-electron chi connectivity index (χ1n) is 4.33. The summed E-state index contributed by atoms with van der Waals surface area (Å²) < 4.78 is 0. The molecule has 1 nitrogen and oxygen atoms in total. The molecule has 12 heavy (non-hydrogen) atoms. The molecule has 1 rings (SSSR count). The monoisotopic (exact) mass is 159 g/mol. The normalized spacial score (nSPS) is 9.42. The predicted octanol–water partition coefficient (Wildman–Crippen LogP) is 2.68. The van der Waals surface area contributed by atoms with E-state index in [9.17, 15) is 0 Å². The van der Waals surface area contributed by atoms with Crippen molar-refractivity contribution in [3.8, 4) is 6.07 Å². The van der Waals surface area contributed by atoms with Crippen LogP contribution in [0, 0.1) is 11.3 Å². The van der Waals surface area contributed by atoms with Gasteiger partial charge in [-0.25, -0.2) is 0 Å². The van der Waals surface area contributed by atoms with Crippen molar-refractivity contribution in [1.29, 1.82) is 5.26 Å². The van der Waals surface area contributed by atoms with Gasteiger partial charge in [0.1, 0.15) is 0 Å². The summed E-state index contributed by atoms with van der Waals surface area (Å²) in [4.78, 5) is 0. The molecule has 0 aliphatic heterocycles. The summed E-state index contributed by atoms with van der Waals surface area (Å²) in [7, 11) is 0. The Kier molecular flexibility index (Phi) is 2.88. The molecule has 0 aliphatic rings. The third kappa shape index (κ3) is 1.65.